The van der Waals surface area contributed by atoms with Gasteiger partial charge in [0.15, 0.2) is 0 Å². The Hall–Kier alpha value is -4.53. The van der Waals surface area contributed by atoms with Gasteiger partial charge < -0.3 is 10.1 Å². The molecular formula is C24H21N5O4. The van der Waals surface area contributed by atoms with E-state index in [1.165, 1.54) is 23.0 Å². The molecule has 0 fully saturated rings. The third-order valence-electron chi connectivity index (χ3n) is 4.80. The predicted octanol–water partition coefficient (Wildman–Crippen LogP) is 2.70. The second-order valence-electron chi connectivity index (χ2n) is 7.13. The van der Waals surface area contributed by atoms with Crippen molar-refractivity contribution >= 4 is 11.6 Å². The van der Waals surface area contributed by atoms with Crippen LogP contribution >= 0.6 is 0 Å². The smallest absolute Gasteiger partial charge is 0.264 e. The average molecular weight is 443 g/mol. The number of aromatic nitrogens is 4. The first-order valence-electron chi connectivity index (χ1n) is 10.3. The zero-order chi connectivity index (χ0) is 23.2. The molecule has 2 N–H and O–H groups in total. The Labute approximate surface area is 188 Å². The standard InChI is InChI=1S/C24H21N5O4/c1-2-33-19-9-5-17(6-10-19)21-13-24(32)29(15-25-21)14-23(31)26-18-7-3-16(4-8-18)20-11-12-22(30)28-27-20/h3-13,15H,2,14H2,1H3,(H,26,31)(H,28,30). The summed E-state index contributed by atoms with van der Waals surface area (Å²) in [6.07, 6.45) is 1.36. The van der Waals surface area contributed by atoms with E-state index in [1.54, 1.807) is 30.3 Å². The zero-order valence-electron chi connectivity index (χ0n) is 17.8. The number of benzene rings is 2. The van der Waals surface area contributed by atoms with Gasteiger partial charge >= 0.3 is 0 Å². The Morgan fingerprint density at radius 2 is 1.67 bits per heavy atom. The molecule has 1 amide bonds. The van der Waals surface area contributed by atoms with Crippen LogP contribution in [0.15, 0.2) is 82.6 Å². The molecule has 0 aliphatic heterocycles. The highest BCUT2D eigenvalue weighted by Crippen LogP contribution is 2.20. The number of carbonyl (C=O) groups excluding carboxylic acids is 1. The molecule has 0 aliphatic rings. The quantitative estimate of drug-likeness (QED) is 0.453. The number of nitrogens with zero attached hydrogens (tertiary/aromatic N) is 3. The molecule has 0 radical (unpaired) electrons. The number of hydrogen-bond donors (Lipinski definition) is 2. The van der Waals surface area contributed by atoms with Crippen LogP contribution < -0.4 is 21.2 Å². The Bertz CT molecular complexity index is 1360. The molecule has 2 heterocycles. The second-order valence-corrected chi connectivity index (χ2v) is 7.13. The second kappa shape index (κ2) is 9.73. The lowest BCUT2D eigenvalue weighted by molar-refractivity contribution is -0.116. The van der Waals surface area contributed by atoms with Gasteiger partial charge in [-0.2, -0.15) is 5.10 Å². The highest BCUT2D eigenvalue weighted by Gasteiger charge is 2.09. The van der Waals surface area contributed by atoms with E-state index < -0.39 is 0 Å². The number of amides is 1. The molecule has 0 unspecified atom stereocenters. The van der Waals surface area contributed by atoms with Crippen LogP contribution in [0.3, 0.4) is 0 Å². The molecule has 0 atom stereocenters. The van der Waals surface area contributed by atoms with Crippen molar-refractivity contribution in [3.63, 3.8) is 0 Å². The van der Waals surface area contributed by atoms with Gasteiger partial charge in [0, 0.05) is 28.9 Å². The van der Waals surface area contributed by atoms with Crippen molar-refractivity contribution in [3.05, 3.63) is 93.8 Å². The molecule has 4 aromatic rings. The number of aromatic amines is 1. The fourth-order valence-corrected chi connectivity index (χ4v) is 3.18. The molecule has 9 heteroatoms. The molecule has 0 bridgehead atoms. The minimum absolute atomic E-state index is 0.168. The summed E-state index contributed by atoms with van der Waals surface area (Å²) < 4.78 is 6.66. The van der Waals surface area contributed by atoms with Crippen molar-refractivity contribution in [1.82, 2.24) is 19.7 Å². The van der Waals surface area contributed by atoms with Gasteiger partial charge in [-0.15, -0.1) is 0 Å². The summed E-state index contributed by atoms with van der Waals surface area (Å²) in [5.41, 5.74) is 2.66. The number of H-pyrrole nitrogens is 1. The maximum atomic E-state index is 12.5. The van der Waals surface area contributed by atoms with E-state index in [4.69, 9.17) is 4.74 Å². The van der Waals surface area contributed by atoms with Gasteiger partial charge in [-0.1, -0.05) is 12.1 Å². The number of ether oxygens (including phenoxy) is 1. The summed E-state index contributed by atoms with van der Waals surface area (Å²) >= 11 is 0. The van der Waals surface area contributed by atoms with Crippen molar-refractivity contribution in [3.8, 4) is 28.3 Å². The van der Waals surface area contributed by atoms with Crippen molar-refractivity contribution in [1.29, 1.82) is 0 Å². The molecule has 0 saturated heterocycles. The number of nitrogens with one attached hydrogen (secondary N) is 2. The first-order valence-corrected chi connectivity index (χ1v) is 10.3. The number of rotatable bonds is 7. The Morgan fingerprint density at radius 3 is 2.30 bits per heavy atom. The lowest BCUT2D eigenvalue weighted by atomic mass is 10.1. The van der Waals surface area contributed by atoms with Crippen molar-refractivity contribution in [2.75, 3.05) is 11.9 Å². The van der Waals surface area contributed by atoms with Crippen LogP contribution in [0, 0.1) is 0 Å². The Morgan fingerprint density at radius 1 is 0.970 bits per heavy atom. The fraction of sp³-hybridized carbons (Fsp3) is 0.125. The first-order chi connectivity index (χ1) is 16.0. The highest BCUT2D eigenvalue weighted by atomic mass is 16.5. The largest absolute Gasteiger partial charge is 0.494 e. The van der Waals surface area contributed by atoms with Crippen molar-refractivity contribution < 1.29 is 9.53 Å². The molecule has 9 nitrogen and oxygen atoms in total. The van der Waals surface area contributed by atoms with E-state index in [0.29, 0.717) is 23.7 Å². The number of hydrogen-bond acceptors (Lipinski definition) is 6. The maximum Gasteiger partial charge on any atom is 0.264 e. The van der Waals surface area contributed by atoms with Gasteiger partial charge in [0.05, 0.1) is 24.3 Å². The average Bonchev–Trinajstić information content (AvgIpc) is 2.82. The number of anilines is 1. The fourth-order valence-electron chi connectivity index (χ4n) is 3.18. The zero-order valence-corrected chi connectivity index (χ0v) is 17.8. The van der Waals surface area contributed by atoms with Crippen LogP contribution in [0.1, 0.15) is 6.92 Å². The molecule has 0 saturated carbocycles. The Kier molecular flexibility index (Phi) is 6.40. The summed E-state index contributed by atoms with van der Waals surface area (Å²) in [6, 6.07) is 18.7. The van der Waals surface area contributed by atoms with Gasteiger partial charge in [-0.25, -0.2) is 10.1 Å². The molecule has 0 aliphatic carbocycles. The third kappa shape index (κ3) is 5.40. The number of carbonyl (C=O) groups is 1. The van der Waals surface area contributed by atoms with Crippen LogP contribution in [0.25, 0.3) is 22.5 Å². The molecule has 33 heavy (non-hydrogen) atoms. The summed E-state index contributed by atoms with van der Waals surface area (Å²) in [5, 5.41) is 9.10. The van der Waals surface area contributed by atoms with Gasteiger partial charge in [-0.05, 0) is 49.4 Å². The van der Waals surface area contributed by atoms with E-state index in [1.807, 2.05) is 31.2 Å². The maximum absolute atomic E-state index is 12.5. The minimum atomic E-state index is -0.359. The van der Waals surface area contributed by atoms with Gasteiger partial charge in [-0.3, -0.25) is 19.0 Å². The molecular weight excluding hydrogens is 422 g/mol. The molecule has 0 spiro atoms. The summed E-state index contributed by atoms with van der Waals surface area (Å²) in [4.78, 5) is 40.3. The van der Waals surface area contributed by atoms with Gasteiger partial charge in [0.25, 0.3) is 11.1 Å². The van der Waals surface area contributed by atoms with Crippen molar-refractivity contribution in [2.24, 2.45) is 0 Å². The van der Waals surface area contributed by atoms with Crippen LogP contribution in [0.5, 0.6) is 5.75 Å². The van der Waals surface area contributed by atoms with Crippen molar-refractivity contribution in [2.45, 2.75) is 13.5 Å². The highest BCUT2D eigenvalue weighted by molar-refractivity contribution is 5.90. The summed E-state index contributed by atoms with van der Waals surface area (Å²) in [5.74, 6) is 0.386. The summed E-state index contributed by atoms with van der Waals surface area (Å²) in [6.45, 7) is 2.32. The van der Waals surface area contributed by atoms with E-state index in [2.05, 4.69) is 20.5 Å². The monoisotopic (exact) mass is 443 g/mol. The summed E-state index contributed by atoms with van der Waals surface area (Å²) in [7, 11) is 0. The van der Waals surface area contributed by atoms with Crippen LogP contribution in [0.4, 0.5) is 5.69 Å². The lowest BCUT2D eigenvalue weighted by Crippen LogP contribution is -2.27. The molecule has 2 aromatic carbocycles. The SMILES string of the molecule is CCOc1ccc(-c2cc(=O)n(CC(=O)Nc3ccc(-c4ccc(=O)[nH]n4)cc3)cn2)cc1. The van der Waals surface area contributed by atoms with E-state index in [0.717, 1.165) is 16.9 Å². The van der Waals surface area contributed by atoms with E-state index >= 15 is 0 Å². The van der Waals surface area contributed by atoms with E-state index in [9.17, 15) is 14.4 Å². The van der Waals surface area contributed by atoms with Crippen LogP contribution in [0.2, 0.25) is 0 Å². The van der Waals surface area contributed by atoms with Crippen LogP contribution in [-0.4, -0.2) is 32.3 Å². The van der Waals surface area contributed by atoms with E-state index in [-0.39, 0.29) is 23.6 Å². The molecule has 4 rings (SSSR count). The Balaban J connectivity index is 1.40. The third-order valence-corrected chi connectivity index (χ3v) is 4.80. The minimum Gasteiger partial charge on any atom is -0.494 e. The van der Waals surface area contributed by atoms with Gasteiger partial charge in [0.1, 0.15) is 12.3 Å². The molecule has 2 aromatic heterocycles. The van der Waals surface area contributed by atoms with Gasteiger partial charge in [0.2, 0.25) is 5.91 Å². The predicted molar refractivity (Wildman–Crippen MR) is 124 cm³/mol. The van der Waals surface area contributed by atoms with Crippen LogP contribution in [-0.2, 0) is 11.3 Å². The lowest BCUT2D eigenvalue weighted by Gasteiger charge is -2.09. The first kappa shape index (κ1) is 21.7. The normalized spacial score (nSPS) is 10.6. The topological polar surface area (TPSA) is 119 Å². The molecule has 166 valence electrons.